The molecule has 0 aromatic rings. The third kappa shape index (κ3) is 11.8. The van der Waals surface area contributed by atoms with E-state index in [1.807, 2.05) is 0 Å². The van der Waals surface area contributed by atoms with Gasteiger partial charge in [0.25, 0.3) is 0 Å². The van der Waals surface area contributed by atoms with Gasteiger partial charge < -0.3 is 21.7 Å². The quantitative estimate of drug-likeness (QED) is 0.294. The molecule has 5 N–H and O–H groups in total. The zero-order valence-electron chi connectivity index (χ0n) is 9.60. The first kappa shape index (κ1) is 13.8. The number of rotatable bonds is 10. The fourth-order valence-corrected chi connectivity index (χ4v) is 1.17. The molecule has 0 saturated carbocycles. The standard InChI is InChI=1S/C10H26N4/c1-10(2)14-8-4-6-12-5-3-7-13-9-11/h10,12-14H,3-9,11H2,1-2H3. The Balaban J connectivity index is 2.85. The maximum atomic E-state index is 5.30. The minimum absolute atomic E-state index is 0.582. The zero-order chi connectivity index (χ0) is 10.6. The van der Waals surface area contributed by atoms with E-state index in [4.69, 9.17) is 5.73 Å². The van der Waals surface area contributed by atoms with Gasteiger partial charge in [0.15, 0.2) is 0 Å². The molecular formula is C10H26N4. The van der Waals surface area contributed by atoms with Gasteiger partial charge in [-0.2, -0.15) is 0 Å². The van der Waals surface area contributed by atoms with Crippen molar-refractivity contribution in [1.29, 1.82) is 0 Å². The zero-order valence-corrected chi connectivity index (χ0v) is 9.60. The van der Waals surface area contributed by atoms with Gasteiger partial charge in [0.1, 0.15) is 0 Å². The summed E-state index contributed by atoms with van der Waals surface area (Å²) in [6.07, 6.45) is 2.34. The van der Waals surface area contributed by atoms with Gasteiger partial charge >= 0.3 is 0 Å². The van der Waals surface area contributed by atoms with Crippen LogP contribution in [0.4, 0.5) is 0 Å². The Hall–Kier alpha value is -0.160. The highest BCUT2D eigenvalue weighted by Gasteiger charge is 1.91. The predicted molar refractivity (Wildman–Crippen MR) is 62.3 cm³/mol. The fraction of sp³-hybridized carbons (Fsp3) is 1.00. The van der Waals surface area contributed by atoms with Crippen molar-refractivity contribution in [2.24, 2.45) is 5.73 Å². The maximum Gasteiger partial charge on any atom is 0.0428 e. The van der Waals surface area contributed by atoms with Crippen LogP contribution in [-0.2, 0) is 0 Å². The number of nitrogens with two attached hydrogens (primary N) is 1. The average molecular weight is 202 g/mol. The van der Waals surface area contributed by atoms with Gasteiger partial charge in [0.05, 0.1) is 0 Å². The van der Waals surface area contributed by atoms with Crippen LogP contribution in [-0.4, -0.2) is 38.9 Å². The van der Waals surface area contributed by atoms with E-state index in [-0.39, 0.29) is 0 Å². The van der Waals surface area contributed by atoms with Gasteiger partial charge in [0, 0.05) is 12.7 Å². The number of hydrogen-bond donors (Lipinski definition) is 4. The molecule has 4 heteroatoms. The van der Waals surface area contributed by atoms with Gasteiger partial charge in [-0.1, -0.05) is 13.8 Å². The molecule has 0 aromatic carbocycles. The Labute approximate surface area is 88.0 Å². The Kier molecular flexibility index (Phi) is 10.8. The monoisotopic (exact) mass is 202 g/mol. The van der Waals surface area contributed by atoms with Crippen molar-refractivity contribution < 1.29 is 0 Å². The van der Waals surface area contributed by atoms with E-state index in [2.05, 4.69) is 29.8 Å². The third-order valence-corrected chi connectivity index (χ3v) is 1.93. The molecule has 0 spiro atoms. The summed E-state index contributed by atoms with van der Waals surface area (Å²) in [7, 11) is 0. The SMILES string of the molecule is CC(C)NCCCNCCCNCN. The Morgan fingerprint density at radius 1 is 0.929 bits per heavy atom. The Morgan fingerprint density at radius 2 is 1.50 bits per heavy atom. The molecule has 0 aliphatic heterocycles. The molecule has 0 radical (unpaired) electrons. The fourth-order valence-electron chi connectivity index (χ4n) is 1.17. The maximum absolute atomic E-state index is 5.30. The van der Waals surface area contributed by atoms with E-state index in [1.165, 1.54) is 6.42 Å². The molecular weight excluding hydrogens is 176 g/mol. The van der Waals surface area contributed by atoms with E-state index in [9.17, 15) is 0 Å². The predicted octanol–water partition coefficient (Wildman–Crippen LogP) is -0.140. The molecule has 0 saturated heterocycles. The van der Waals surface area contributed by atoms with Gasteiger partial charge in [0.2, 0.25) is 0 Å². The van der Waals surface area contributed by atoms with Gasteiger partial charge in [-0.3, -0.25) is 0 Å². The molecule has 0 unspecified atom stereocenters. The Bertz CT molecular complexity index is 106. The van der Waals surface area contributed by atoms with Crippen molar-refractivity contribution in [2.75, 3.05) is 32.8 Å². The number of hydrogen-bond acceptors (Lipinski definition) is 4. The highest BCUT2D eigenvalue weighted by Crippen LogP contribution is 1.79. The number of nitrogens with one attached hydrogen (secondary N) is 3. The van der Waals surface area contributed by atoms with Gasteiger partial charge in [-0.25, -0.2) is 0 Å². The lowest BCUT2D eigenvalue weighted by molar-refractivity contribution is 0.538. The van der Waals surface area contributed by atoms with E-state index in [0.717, 1.165) is 32.6 Å². The van der Waals surface area contributed by atoms with E-state index >= 15 is 0 Å². The molecule has 0 fully saturated rings. The van der Waals surface area contributed by atoms with Crippen LogP contribution < -0.4 is 21.7 Å². The second kappa shape index (κ2) is 10.9. The summed E-state index contributed by atoms with van der Waals surface area (Å²) < 4.78 is 0. The minimum Gasteiger partial charge on any atom is -0.318 e. The minimum atomic E-state index is 0.582. The largest absolute Gasteiger partial charge is 0.318 e. The van der Waals surface area contributed by atoms with Crippen LogP contribution >= 0.6 is 0 Å². The van der Waals surface area contributed by atoms with Crippen molar-refractivity contribution in [3.05, 3.63) is 0 Å². The molecule has 0 bridgehead atoms. The van der Waals surface area contributed by atoms with Crippen LogP contribution in [0.3, 0.4) is 0 Å². The molecule has 14 heavy (non-hydrogen) atoms. The summed E-state index contributed by atoms with van der Waals surface area (Å²) in [4.78, 5) is 0. The smallest absolute Gasteiger partial charge is 0.0428 e. The highest BCUT2D eigenvalue weighted by molar-refractivity contribution is 4.55. The molecule has 0 aliphatic carbocycles. The average Bonchev–Trinajstić information content (AvgIpc) is 2.15. The van der Waals surface area contributed by atoms with Crippen LogP contribution in [0.2, 0.25) is 0 Å². The van der Waals surface area contributed by atoms with Crippen molar-refractivity contribution in [2.45, 2.75) is 32.7 Å². The molecule has 0 atom stereocenters. The first-order valence-corrected chi connectivity index (χ1v) is 5.62. The summed E-state index contributed by atoms with van der Waals surface area (Å²) in [5.74, 6) is 0. The summed E-state index contributed by atoms with van der Waals surface area (Å²) in [6.45, 7) is 9.21. The molecule has 4 nitrogen and oxygen atoms in total. The lowest BCUT2D eigenvalue weighted by Gasteiger charge is -2.08. The van der Waals surface area contributed by atoms with Crippen molar-refractivity contribution in [3.8, 4) is 0 Å². The Morgan fingerprint density at radius 3 is 2.07 bits per heavy atom. The van der Waals surface area contributed by atoms with Crippen LogP contribution in [0.1, 0.15) is 26.7 Å². The lowest BCUT2D eigenvalue weighted by atomic mass is 10.3. The molecule has 0 heterocycles. The van der Waals surface area contributed by atoms with Crippen molar-refractivity contribution in [3.63, 3.8) is 0 Å². The summed E-state index contributed by atoms with van der Waals surface area (Å²) in [6, 6.07) is 0.601. The second-order valence-electron chi connectivity index (χ2n) is 3.77. The van der Waals surface area contributed by atoms with Crippen LogP contribution in [0.25, 0.3) is 0 Å². The van der Waals surface area contributed by atoms with Crippen molar-refractivity contribution in [1.82, 2.24) is 16.0 Å². The topological polar surface area (TPSA) is 62.1 Å². The lowest BCUT2D eigenvalue weighted by Crippen LogP contribution is -2.29. The van der Waals surface area contributed by atoms with Crippen LogP contribution in [0, 0.1) is 0 Å². The van der Waals surface area contributed by atoms with Crippen molar-refractivity contribution >= 4 is 0 Å². The third-order valence-electron chi connectivity index (χ3n) is 1.93. The normalized spacial score (nSPS) is 11.1. The molecule has 0 amide bonds. The first-order chi connectivity index (χ1) is 6.77. The molecule has 0 rings (SSSR count). The molecule has 0 aliphatic rings. The molecule has 0 aromatic heterocycles. The summed E-state index contributed by atoms with van der Waals surface area (Å²) >= 11 is 0. The van der Waals surface area contributed by atoms with Crippen LogP contribution in [0.15, 0.2) is 0 Å². The van der Waals surface area contributed by atoms with E-state index in [1.54, 1.807) is 0 Å². The highest BCUT2D eigenvalue weighted by atomic mass is 15.0. The summed E-state index contributed by atoms with van der Waals surface area (Å²) in [5.41, 5.74) is 5.30. The summed E-state index contributed by atoms with van der Waals surface area (Å²) in [5, 5.41) is 9.88. The van der Waals surface area contributed by atoms with Crippen LogP contribution in [0.5, 0.6) is 0 Å². The molecule has 86 valence electrons. The van der Waals surface area contributed by atoms with E-state index in [0.29, 0.717) is 12.7 Å². The van der Waals surface area contributed by atoms with Gasteiger partial charge in [-0.15, -0.1) is 0 Å². The van der Waals surface area contributed by atoms with E-state index < -0.39 is 0 Å². The first-order valence-electron chi connectivity index (χ1n) is 5.62. The second-order valence-corrected chi connectivity index (χ2v) is 3.77. The van der Waals surface area contributed by atoms with Gasteiger partial charge in [-0.05, 0) is 39.0 Å².